The molecule has 14 heavy (non-hydrogen) atoms. The molecule has 0 bridgehead atoms. The van der Waals surface area contributed by atoms with Crippen LogP contribution in [-0.4, -0.2) is 5.91 Å². The summed E-state index contributed by atoms with van der Waals surface area (Å²) in [5.41, 5.74) is 5.75. The molecule has 2 aromatic carbocycles. The molecule has 0 saturated heterocycles. The van der Waals surface area contributed by atoms with E-state index in [-0.39, 0.29) is 0 Å². The predicted molar refractivity (Wildman–Crippen MR) is 60.2 cm³/mol. The van der Waals surface area contributed by atoms with Gasteiger partial charge in [0, 0.05) is 4.47 Å². The highest BCUT2D eigenvalue weighted by molar-refractivity contribution is 9.10. The van der Waals surface area contributed by atoms with E-state index >= 15 is 0 Å². The van der Waals surface area contributed by atoms with Crippen molar-refractivity contribution in [3.63, 3.8) is 0 Å². The lowest BCUT2D eigenvalue weighted by Gasteiger charge is -2.02. The van der Waals surface area contributed by atoms with Crippen LogP contribution >= 0.6 is 15.9 Å². The highest BCUT2D eigenvalue weighted by Crippen LogP contribution is 2.23. The number of primary amides is 1. The lowest BCUT2D eigenvalue weighted by molar-refractivity contribution is 0.0999. The van der Waals surface area contributed by atoms with Gasteiger partial charge in [-0.3, -0.25) is 4.79 Å². The first-order chi connectivity index (χ1) is 6.68. The summed E-state index contributed by atoms with van der Waals surface area (Å²) in [5.74, 6) is -0.414. The number of hydrogen-bond donors (Lipinski definition) is 1. The van der Waals surface area contributed by atoms with Crippen molar-refractivity contribution >= 4 is 32.6 Å². The first-order valence-electron chi connectivity index (χ1n) is 4.16. The molecule has 0 atom stereocenters. The third-order valence-electron chi connectivity index (χ3n) is 2.10. The van der Waals surface area contributed by atoms with Gasteiger partial charge in [0.05, 0.1) is 5.56 Å². The van der Waals surface area contributed by atoms with Crippen LogP contribution < -0.4 is 5.73 Å². The summed E-state index contributed by atoms with van der Waals surface area (Å²) < 4.78 is 0.740. The van der Waals surface area contributed by atoms with Crippen LogP contribution in [-0.2, 0) is 0 Å². The molecule has 0 aromatic heterocycles. The van der Waals surface area contributed by atoms with Gasteiger partial charge >= 0.3 is 0 Å². The van der Waals surface area contributed by atoms with Gasteiger partial charge in [0.15, 0.2) is 0 Å². The van der Waals surface area contributed by atoms with E-state index < -0.39 is 5.91 Å². The summed E-state index contributed by atoms with van der Waals surface area (Å²) in [4.78, 5) is 11.1. The smallest absolute Gasteiger partial charge is 0.249 e. The Kier molecular flexibility index (Phi) is 2.25. The Morgan fingerprint density at radius 1 is 1.14 bits per heavy atom. The standard InChI is InChI=1S/C11H8BrNO/c12-10-6-8-4-2-1-3-7(8)5-9(10)11(13)14/h1-6H,(H2,13,14). The van der Waals surface area contributed by atoms with Crippen LogP contribution in [0.25, 0.3) is 10.8 Å². The molecule has 0 fully saturated rings. The Hall–Kier alpha value is -1.35. The molecule has 2 N–H and O–H groups in total. The molecule has 1 amide bonds. The number of fused-ring (bicyclic) bond motifs is 1. The molecule has 0 saturated carbocycles. The van der Waals surface area contributed by atoms with Gasteiger partial charge in [0.25, 0.3) is 0 Å². The van der Waals surface area contributed by atoms with Crippen molar-refractivity contribution < 1.29 is 4.79 Å². The van der Waals surface area contributed by atoms with Gasteiger partial charge in [-0.25, -0.2) is 0 Å². The Bertz CT molecular complexity index is 508. The molecule has 2 rings (SSSR count). The van der Waals surface area contributed by atoms with Gasteiger partial charge in [-0.2, -0.15) is 0 Å². The van der Waals surface area contributed by atoms with Crippen LogP contribution in [0.1, 0.15) is 10.4 Å². The lowest BCUT2D eigenvalue weighted by Crippen LogP contribution is -2.11. The Labute approximate surface area is 89.8 Å². The number of hydrogen-bond acceptors (Lipinski definition) is 1. The van der Waals surface area contributed by atoms with Crippen molar-refractivity contribution in [2.75, 3.05) is 0 Å². The highest BCUT2D eigenvalue weighted by Gasteiger charge is 2.06. The number of carbonyl (C=O) groups excluding carboxylic acids is 1. The highest BCUT2D eigenvalue weighted by atomic mass is 79.9. The summed E-state index contributed by atoms with van der Waals surface area (Å²) in [6.45, 7) is 0. The minimum absolute atomic E-state index is 0.414. The molecular weight excluding hydrogens is 242 g/mol. The van der Waals surface area contributed by atoms with E-state index in [0.29, 0.717) is 5.56 Å². The summed E-state index contributed by atoms with van der Waals surface area (Å²) >= 11 is 3.32. The molecule has 0 aliphatic carbocycles. The van der Waals surface area contributed by atoms with Gasteiger partial charge in [0.1, 0.15) is 0 Å². The van der Waals surface area contributed by atoms with Crippen molar-refractivity contribution in [2.24, 2.45) is 5.73 Å². The first kappa shape index (κ1) is 9.21. The maximum atomic E-state index is 11.1. The quantitative estimate of drug-likeness (QED) is 0.830. The lowest BCUT2D eigenvalue weighted by atomic mass is 10.1. The number of amides is 1. The van der Waals surface area contributed by atoms with E-state index in [4.69, 9.17) is 5.73 Å². The zero-order chi connectivity index (χ0) is 10.1. The second kappa shape index (κ2) is 3.42. The van der Waals surface area contributed by atoms with Crippen LogP contribution in [0.4, 0.5) is 0 Å². The van der Waals surface area contributed by atoms with E-state index in [1.165, 1.54) is 0 Å². The Balaban J connectivity index is 2.77. The minimum atomic E-state index is -0.414. The number of rotatable bonds is 1. The fraction of sp³-hybridized carbons (Fsp3) is 0. The number of nitrogens with two attached hydrogens (primary N) is 1. The number of benzene rings is 2. The molecule has 0 aliphatic heterocycles. The van der Waals surface area contributed by atoms with Crippen LogP contribution in [0.3, 0.4) is 0 Å². The monoisotopic (exact) mass is 249 g/mol. The van der Waals surface area contributed by atoms with E-state index in [9.17, 15) is 4.79 Å². The fourth-order valence-electron chi connectivity index (χ4n) is 1.40. The van der Waals surface area contributed by atoms with Gasteiger partial charge in [-0.1, -0.05) is 24.3 Å². The van der Waals surface area contributed by atoms with Gasteiger partial charge < -0.3 is 5.73 Å². The Morgan fingerprint density at radius 2 is 1.71 bits per heavy atom. The maximum Gasteiger partial charge on any atom is 0.249 e. The SMILES string of the molecule is NC(=O)c1cc2ccccc2cc1Br. The first-order valence-corrected chi connectivity index (χ1v) is 4.96. The molecule has 0 spiro atoms. The van der Waals surface area contributed by atoms with Crippen molar-refractivity contribution in [2.45, 2.75) is 0 Å². The third kappa shape index (κ3) is 1.51. The molecule has 3 heteroatoms. The normalized spacial score (nSPS) is 10.4. The van der Waals surface area contributed by atoms with E-state index in [1.54, 1.807) is 6.07 Å². The van der Waals surface area contributed by atoms with Crippen molar-refractivity contribution in [1.82, 2.24) is 0 Å². The second-order valence-corrected chi connectivity index (χ2v) is 3.90. The summed E-state index contributed by atoms with van der Waals surface area (Å²) in [6, 6.07) is 11.5. The summed E-state index contributed by atoms with van der Waals surface area (Å²) in [6.07, 6.45) is 0. The molecule has 0 heterocycles. The summed E-state index contributed by atoms with van der Waals surface area (Å²) in [7, 11) is 0. The Morgan fingerprint density at radius 3 is 2.29 bits per heavy atom. The number of carbonyl (C=O) groups is 1. The predicted octanol–water partition coefficient (Wildman–Crippen LogP) is 2.70. The topological polar surface area (TPSA) is 43.1 Å². The second-order valence-electron chi connectivity index (χ2n) is 3.04. The van der Waals surface area contributed by atoms with Crippen molar-refractivity contribution in [3.05, 3.63) is 46.4 Å². The van der Waals surface area contributed by atoms with Crippen LogP contribution in [0.15, 0.2) is 40.9 Å². The molecular formula is C11H8BrNO. The zero-order valence-corrected chi connectivity index (χ0v) is 8.91. The van der Waals surface area contributed by atoms with Crippen molar-refractivity contribution in [1.29, 1.82) is 0 Å². The van der Waals surface area contributed by atoms with Crippen LogP contribution in [0.2, 0.25) is 0 Å². The van der Waals surface area contributed by atoms with Crippen LogP contribution in [0.5, 0.6) is 0 Å². The molecule has 2 nitrogen and oxygen atoms in total. The maximum absolute atomic E-state index is 11.1. The fourth-order valence-corrected chi connectivity index (χ4v) is 1.96. The average Bonchev–Trinajstić information content (AvgIpc) is 2.16. The summed E-state index contributed by atoms with van der Waals surface area (Å²) in [5, 5.41) is 2.11. The van der Waals surface area contributed by atoms with E-state index in [2.05, 4.69) is 15.9 Å². The average molecular weight is 250 g/mol. The van der Waals surface area contributed by atoms with Gasteiger partial charge in [-0.15, -0.1) is 0 Å². The molecule has 0 radical (unpaired) electrons. The van der Waals surface area contributed by atoms with Gasteiger partial charge in [0.2, 0.25) is 5.91 Å². The largest absolute Gasteiger partial charge is 0.366 e. The van der Waals surface area contributed by atoms with E-state index in [1.807, 2.05) is 30.3 Å². The molecule has 70 valence electrons. The minimum Gasteiger partial charge on any atom is -0.366 e. The molecule has 2 aromatic rings. The van der Waals surface area contributed by atoms with Gasteiger partial charge in [-0.05, 0) is 38.8 Å². The number of halogens is 1. The zero-order valence-electron chi connectivity index (χ0n) is 7.33. The van der Waals surface area contributed by atoms with Crippen LogP contribution in [0, 0.1) is 0 Å². The molecule has 0 aliphatic rings. The van der Waals surface area contributed by atoms with E-state index in [0.717, 1.165) is 15.2 Å². The third-order valence-corrected chi connectivity index (χ3v) is 2.76. The van der Waals surface area contributed by atoms with Crippen molar-refractivity contribution in [3.8, 4) is 0 Å². The molecule has 0 unspecified atom stereocenters.